The van der Waals surface area contributed by atoms with Crippen LogP contribution in [0.1, 0.15) is 0 Å². The highest BCUT2D eigenvalue weighted by Crippen LogP contribution is 2.27. The molecule has 2 aliphatic heterocycles. The van der Waals surface area contributed by atoms with Gasteiger partial charge in [0.1, 0.15) is 6.17 Å². The van der Waals surface area contributed by atoms with Gasteiger partial charge in [0.25, 0.3) is 0 Å². The van der Waals surface area contributed by atoms with Gasteiger partial charge in [-0.25, -0.2) is 12.8 Å². The molecule has 3 unspecified atom stereocenters. The summed E-state index contributed by atoms with van der Waals surface area (Å²) in [4.78, 5) is 0. The Labute approximate surface area is 82.3 Å². The maximum atomic E-state index is 13.4. The van der Waals surface area contributed by atoms with Gasteiger partial charge in [0.05, 0.1) is 37.4 Å². The fourth-order valence-electron chi connectivity index (χ4n) is 1.93. The minimum Gasteiger partial charge on any atom is -0.376 e. The van der Waals surface area contributed by atoms with Crippen molar-refractivity contribution in [2.24, 2.45) is 5.92 Å². The van der Waals surface area contributed by atoms with Crippen molar-refractivity contribution in [2.75, 3.05) is 31.3 Å². The molecule has 4 nitrogen and oxygen atoms in total. The Hall–Kier alpha value is -0.200. The van der Waals surface area contributed by atoms with Crippen LogP contribution in [0.5, 0.6) is 0 Å². The second kappa shape index (κ2) is 3.75. The summed E-state index contributed by atoms with van der Waals surface area (Å²) < 4.78 is 46.1. The summed E-state index contributed by atoms with van der Waals surface area (Å²) in [5, 5.41) is 0. The van der Waals surface area contributed by atoms with Crippen LogP contribution in [0.25, 0.3) is 0 Å². The van der Waals surface area contributed by atoms with Gasteiger partial charge in [-0.05, 0) is 0 Å². The van der Waals surface area contributed by atoms with E-state index in [2.05, 4.69) is 0 Å². The SMILES string of the molecule is O=S1(=O)CC(F)C(C2COCCO2)C1. The first-order valence-electron chi connectivity index (χ1n) is 4.62. The normalized spacial score (nSPS) is 42.5. The number of alkyl halides is 1. The van der Waals surface area contributed by atoms with Crippen molar-refractivity contribution in [3.63, 3.8) is 0 Å². The Morgan fingerprint density at radius 2 is 2.00 bits per heavy atom. The van der Waals surface area contributed by atoms with Gasteiger partial charge >= 0.3 is 0 Å². The molecule has 0 aliphatic carbocycles. The molecule has 0 aromatic heterocycles. The van der Waals surface area contributed by atoms with Crippen molar-refractivity contribution in [3.05, 3.63) is 0 Å². The molecule has 0 radical (unpaired) electrons. The number of rotatable bonds is 1. The second-order valence-corrected chi connectivity index (χ2v) is 5.89. The lowest BCUT2D eigenvalue weighted by Gasteiger charge is -2.28. The van der Waals surface area contributed by atoms with Crippen molar-refractivity contribution < 1.29 is 22.3 Å². The third kappa shape index (κ3) is 2.07. The van der Waals surface area contributed by atoms with Gasteiger partial charge in [-0.1, -0.05) is 0 Å². The largest absolute Gasteiger partial charge is 0.376 e. The summed E-state index contributed by atoms with van der Waals surface area (Å²) in [6.07, 6.45) is -1.69. The van der Waals surface area contributed by atoms with Crippen LogP contribution < -0.4 is 0 Å². The number of halogens is 1. The van der Waals surface area contributed by atoms with E-state index in [1.54, 1.807) is 0 Å². The van der Waals surface area contributed by atoms with Crippen LogP contribution in [-0.2, 0) is 19.3 Å². The molecule has 0 spiro atoms. The maximum Gasteiger partial charge on any atom is 0.153 e. The van der Waals surface area contributed by atoms with Crippen molar-refractivity contribution >= 4 is 9.84 Å². The van der Waals surface area contributed by atoms with E-state index < -0.39 is 28.0 Å². The van der Waals surface area contributed by atoms with Gasteiger partial charge in [-0.3, -0.25) is 0 Å². The van der Waals surface area contributed by atoms with Crippen LogP contribution >= 0.6 is 0 Å². The molecule has 0 saturated carbocycles. The second-order valence-electron chi connectivity index (χ2n) is 3.74. The fraction of sp³-hybridized carbons (Fsp3) is 1.00. The molecule has 0 amide bonds. The first-order valence-corrected chi connectivity index (χ1v) is 6.44. The average Bonchev–Trinajstić information content (AvgIpc) is 2.41. The molecule has 0 N–H and O–H groups in total. The van der Waals surface area contributed by atoms with Gasteiger partial charge in [-0.15, -0.1) is 0 Å². The summed E-state index contributed by atoms with van der Waals surface area (Å²) in [6.45, 7) is 1.24. The van der Waals surface area contributed by atoms with Crippen LogP contribution in [0.4, 0.5) is 4.39 Å². The Kier molecular flexibility index (Phi) is 2.77. The zero-order valence-electron chi connectivity index (χ0n) is 7.69. The number of sulfone groups is 1. The number of ether oxygens (including phenoxy) is 2. The molecule has 0 aromatic rings. The summed E-state index contributed by atoms with van der Waals surface area (Å²) in [5.74, 6) is -1.01. The number of hydrogen-bond acceptors (Lipinski definition) is 4. The van der Waals surface area contributed by atoms with Crippen LogP contribution in [-0.4, -0.2) is 52.0 Å². The lowest BCUT2D eigenvalue weighted by molar-refractivity contribution is -0.114. The third-order valence-electron chi connectivity index (χ3n) is 2.64. The highest BCUT2D eigenvalue weighted by atomic mass is 32.2. The molecule has 2 aliphatic rings. The topological polar surface area (TPSA) is 52.6 Å². The monoisotopic (exact) mass is 224 g/mol. The smallest absolute Gasteiger partial charge is 0.153 e. The van der Waals surface area contributed by atoms with Crippen molar-refractivity contribution in [1.29, 1.82) is 0 Å². The summed E-state index contributed by atoms with van der Waals surface area (Å²) in [5.41, 5.74) is 0. The lowest BCUT2D eigenvalue weighted by Crippen LogP contribution is -2.39. The van der Waals surface area contributed by atoms with Gasteiger partial charge in [0.15, 0.2) is 9.84 Å². The van der Waals surface area contributed by atoms with Gasteiger partial charge < -0.3 is 9.47 Å². The predicted molar refractivity (Wildman–Crippen MR) is 47.6 cm³/mol. The van der Waals surface area contributed by atoms with E-state index in [-0.39, 0.29) is 11.5 Å². The van der Waals surface area contributed by atoms with Gasteiger partial charge in [0.2, 0.25) is 0 Å². The Balaban J connectivity index is 2.04. The number of hydrogen-bond donors (Lipinski definition) is 0. The van der Waals surface area contributed by atoms with Crippen LogP contribution in [0.15, 0.2) is 0 Å². The van der Waals surface area contributed by atoms with Crippen molar-refractivity contribution in [3.8, 4) is 0 Å². The Morgan fingerprint density at radius 1 is 1.21 bits per heavy atom. The molecule has 2 fully saturated rings. The van der Waals surface area contributed by atoms with Gasteiger partial charge in [-0.2, -0.15) is 0 Å². The van der Waals surface area contributed by atoms with Crippen LogP contribution in [0.3, 0.4) is 0 Å². The minimum atomic E-state index is -3.20. The molecule has 0 bridgehead atoms. The zero-order valence-corrected chi connectivity index (χ0v) is 8.50. The van der Waals surface area contributed by atoms with Crippen LogP contribution in [0, 0.1) is 5.92 Å². The first-order chi connectivity index (χ1) is 6.58. The zero-order chi connectivity index (χ0) is 10.2. The molecular formula is C8H13FO4S. The Bertz CT molecular complexity index is 296. The summed E-state index contributed by atoms with van der Waals surface area (Å²) in [7, 11) is -3.20. The lowest BCUT2D eigenvalue weighted by atomic mass is 10.0. The molecule has 0 aromatic carbocycles. The van der Waals surface area contributed by atoms with Gasteiger partial charge in [0, 0.05) is 5.92 Å². The molecule has 2 saturated heterocycles. The summed E-state index contributed by atoms with van der Waals surface area (Å²) in [6, 6.07) is 0. The van der Waals surface area contributed by atoms with E-state index in [0.717, 1.165) is 0 Å². The quantitative estimate of drug-likeness (QED) is 0.618. The average molecular weight is 224 g/mol. The third-order valence-corrected chi connectivity index (χ3v) is 4.36. The van der Waals surface area contributed by atoms with Crippen molar-refractivity contribution in [1.82, 2.24) is 0 Å². The van der Waals surface area contributed by atoms with E-state index in [0.29, 0.717) is 19.8 Å². The molecule has 6 heteroatoms. The molecule has 2 rings (SSSR count). The fourth-order valence-corrected chi connectivity index (χ4v) is 3.80. The molecule has 3 atom stereocenters. The predicted octanol–water partition coefficient (Wildman–Crippen LogP) is -0.216. The molecule has 82 valence electrons. The highest BCUT2D eigenvalue weighted by molar-refractivity contribution is 7.91. The molecular weight excluding hydrogens is 211 g/mol. The van der Waals surface area contributed by atoms with E-state index in [4.69, 9.17) is 9.47 Å². The summed E-state index contributed by atoms with van der Waals surface area (Å²) >= 11 is 0. The Morgan fingerprint density at radius 3 is 2.50 bits per heavy atom. The first kappa shape index (κ1) is 10.3. The van der Waals surface area contributed by atoms with E-state index in [1.807, 2.05) is 0 Å². The maximum absolute atomic E-state index is 13.4. The minimum absolute atomic E-state index is 0.109. The standard InChI is InChI=1S/C8H13FO4S/c9-7-5-14(10,11)4-6(7)8-3-12-1-2-13-8/h6-8H,1-5H2. The van der Waals surface area contributed by atoms with Crippen molar-refractivity contribution in [2.45, 2.75) is 12.3 Å². The highest BCUT2D eigenvalue weighted by Gasteiger charge is 2.43. The van der Waals surface area contributed by atoms with E-state index in [1.165, 1.54) is 0 Å². The molecule has 2 heterocycles. The molecule has 14 heavy (non-hydrogen) atoms. The van der Waals surface area contributed by atoms with E-state index in [9.17, 15) is 12.8 Å². The van der Waals surface area contributed by atoms with Crippen LogP contribution in [0.2, 0.25) is 0 Å². The van der Waals surface area contributed by atoms with E-state index >= 15 is 0 Å².